The highest BCUT2D eigenvalue weighted by molar-refractivity contribution is 6.21. The van der Waals surface area contributed by atoms with Gasteiger partial charge in [0.05, 0.1) is 11.6 Å². The molecule has 0 aliphatic heterocycles. The van der Waals surface area contributed by atoms with E-state index in [9.17, 15) is 8.78 Å². The Morgan fingerprint density at radius 3 is 2.45 bits per heavy atom. The number of para-hydroxylation sites is 1. The second kappa shape index (κ2) is 5.25. The molecule has 0 saturated carbocycles. The monoisotopic (exact) mass is 292 g/mol. The first-order chi connectivity index (χ1) is 9.66. The van der Waals surface area contributed by atoms with Crippen LogP contribution in [0.1, 0.15) is 16.5 Å². The fourth-order valence-electron chi connectivity index (χ4n) is 2.26. The molecule has 3 aromatic rings. The van der Waals surface area contributed by atoms with Gasteiger partial charge in [0.25, 0.3) is 0 Å². The van der Waals surface area contributed by atoms with Crippen LogP contribution in [0.4, 0.5) is 8.78 Å². The van der Waals surface area contributed by atoms with E-state index in [4.69, 9.17) is 16.0 Å². The molecule has 1 atom stereocenters. The summed E-state index contributed by atoms with van der Waals surface area (Å²) < 4.78 is 32.7. The number of hydrogen-bond acceptors (Lipinski definition) is 1. The molecule has 0 aliphatic rings. The lowest BCUT2D eigenvalue weighted by Crippen LogP contribution is -2.01. The molecule has 1 unspecified atom stereocenters. The number of benzene rings is 2. The smallest absolute Gasteiger partial charge is 0.134 e. The van der Waals surface area contributed by atoms with Crippen molar-refractivity contribution in [3.8, 4) is 0 Å². The topological polar surface area (TPSA) is 13.1 Å². The third-order valence-corrected chi connectivity index (χ3v) is 3.68. The summed E-state index contributed by atoms with van der Waals surface area (Å²) in [7, 11) is 0. The van der Waals surface area contributed by atoms with Crippen molar-refractivity contribution in [3.05, 3.63) is 71.5 Å². The molecule has 4 heteroatoms. The molecule has 0 fully saturated rings. The largest absolute Gasteiger partial charge is 0.464 e. The van der Waals surface area contributed by atoms with Gasteiger partial charge < -0.3 is 4.42 Å². The first kappa shape index (κ1) is 13.1. The molecule has 1 nitrogen and oxygen atoms in total. The van der Waals surface area contributed by atoms with E-state index in [0.29, 0.717) is 5.58 Å². The van der Waals surface area contributed by atoms with Crippen LogP contribution >= 0.6 is 11.6 Å². The zero-order valence-corrected chi connectivity index (χ0v) is 11.2. The second-order valence-electron chi connectivity index (χ2n) is 4.56. The minimum Gasteiger partial charge on any atom is -0.464 e. The molecule has 0 amide bonds. The highest BCUT2D eigenvalue weighted by atomic mass is 35.5. The number of hydrogen-bond donors (Lipinski definition) is 0. The molecule has 0 spiro atoms. The van der Waals surface area contributed by atoms with E-state index in [1.54, 1.807) is 6.26 Å². The number of fused-ring (bicyclic) bond motifs is 1. The zero-order chi connectivity index (χ0) is 14.1. The molecular formula is C16H11ClF2O. The van der Waals surface area contributed by atoms with Gasteiger partial charge >= 0.3 is 0 Å². The van der Waals surface area contributed by atoms with Crippen molar-refractivity contribution in [2.45, 2.75) is 11.8 Å². The first-order valence-corrected chi connectivity index (χ1v) is 6.63. The minimum atomic E-state index is -0.580. The Kier molecular flexibility index (Phi) is 3.45. The third-order valence-electron chi connectivity index (χ3n) is 3.29. The van der Waals surface area contributed by atoms with E-state index in [1.807, 2.05) is 24.3 Å². The van der Waals surface area contributed by atoms with Crippen molar-refractivity contribution in [1.29, 1.82) is 0 Å². The Hall–Kier alpha value is -1.87. The predicted octanol–water partition coefficient (Wildman–Crippen LogP) is 5.23. The number of halogens is 3. The summed E-state index contributed by atoms with van der Waals surface area (Å²) in [5.41, 5.74) is 1.45. The fraction of sp³-hybridized carbons (Fsp3) is 0.125. The van der Waals surface area contributed by atoms with Gasteiger partial charge in [-0.05, 0) is 24.6 Å². The molecule has 102 valence electrons. The van der Waals surface area contributed by atoms with Gasteiger partial charge in [-0.1, -0.05) is 24.3 Å². The summed E-state index contributed by atoms with van der Waals surface area (Å²) in [6, 6.07) is 11.2. The van der Waals surface area contributed by atoms with Crippen LogP contribution in [-0.2, 0) is 6.42 Å². The standard InChI is InChI=1S/C16H11ClF2O/c17-13(8-11-14(18)5-3-6-15(11)19)12-9-20-16-7-2-1-4-10(12)16/h1-7,9,13H,8H2. The van der Waals surface area contributed by atoms with Crippen LogP contribution in [-0.4, -0.2) is 0 Å². The third kappa shape index (κ3) is 2.29. The molecule has 0 saturated heterocycles. The van der Waals surface area contributed by atoms with Crippen LogP contribution < -0.4 is 0 Å². The molecule has 0 N–H and O–H groups in total. The van der Waals surface area contributed by atoms with Crippen molar-refractivity contribution in [2.24, 2.45) is 0 Å². The average molecular weight is 293 g/mol. The molecule has 1 aromatic heterocycles. The summed E-state index contributed by atoms with van der Waals surface area (Å²) in [4.78, 5) is 0. The zero-order valence-electron chi connectivity index (χ0n) is 10.4. The van der Waals surface area contributed by atoms with Gasteiger partial charge in [0.15, 0.2) is 0 Å². The van der Waals surface area contributed by atoms with E-state index in [1.165, 1.54) is 18.2 Å². The number of alkyl halides is 1. The summed E-state index contributed by atoms with van der Waals surface area (Å²) in [5.74, 6) is -1.16. The van der Waals surface area contributed by atoms with Crippen LogP contribution in [0.5, 0.6) is 0 Å². The van der Waals surface area contributed by atoms with Gasteiger partial charge in [0.1, 0.15) is 17.2 Å². The van der Waals surface area contributed by atoms with Gasteiger partial charge in [0.2, 0.25) is 0 Å². The lowest BCUT2D eigenvalue weighted by molar-refractivity contribution is 0.551. The lowest BCUT2D eigenvalue weighted by atomic mass is 10.0. The van der Waals surface area contributed by atoms with Gasteiger partial charge in [0, 0.05) is 16.5 Å². The molecule has 1 heterocycles. The van der Waals surface area contributed by atoms with Crippen molar-refractivity contribution in [2.75, 3.05) is 0 Å². The van der Waals surface area contributed by atoms with Gasteiger partial charge in [-0.3, -0.25) is 0 Å². The normalized spacial score (nSPS) is 12.8. The number of rotatable bonds is 3. The van der Waals surface area contributed by atoms with Crippen molar-refractivity contribution < 1.29 is 13.2 Å². The Morgan fingerprint density at radius 1 is 1.00 bits per heavy atom. The van der Waals surface area contributed by atoms with E-state index in [-0.39, 0.29) is 12.0 Å². The fourth-order valence-corrected chi connectivity index (χ4v) is 2.58. The van der Waals surface area contributed by atoms with Gasteiger partial charge in [-0.2, -0.15) is 0 Å². The summed E-state index contributed by atoms with van der Waals surface area (Å²) in [5, 5.41) is 0.314. The summed E-state index contributed by atoms with van der Waals surface area (Å²) in [6.07, 6.45) is 1.62. The maximum Gasteiger partial charge on any atom is 0.134 e. The van der Waals surface area contributed by atoms with E-state index < -0.39 is 17.0 Å². The Labute approximate surface area is 119 Å². The molecule has 2 aromatic carbocycles. The molecule has 3 rings (SSSR count). The SMILES string of the molecule is Fc1cccc(F)c1CC(Cl)c1coc2ccccc12. The molecular weight excluding hydrogens is 282 g/mol. The maximum absolute atomic E-state index is 13.6. The highest BCUT2D eigenvalue weighted by Crippen LogP contribution is 2.33. The molecule has 0 aliphatic carbocycles. The van der Waals surface area contributed by atoms with Crippen LogP contribution in [0.2, 0.25) is 0 Å². The molecule has 20 heavy (non-hydrogen) atoms. The van der Waals surface area contributed by atoms with Crippen molar-refractivity contribution in [3.63, 3.8) is 0 Å². The second-order valence-corrected chi connectivity index (χ2v) is 5.09. The summed E-state index contributed by atoms with van der Waals surface area (Å²) in [6.45, 7) is 0. The van der Waals surface area contributed by atoms with E-state index in [0.717, 1.165) is 10.9 Å². The van der Waals surface area contributed by atoms with Crippen molar-refractivity contribution >= 4 is 22.6 Å². The lowest BCUT2D eigenvalue weighted by Gasteiger charge is -2.10. The van der Waals surface area contributed by atoms with E-state index >= 15 is 0 Å². The Balaban J connectivity index is 1.95. The van der Waals surface area contributed by atoms with Crippen LogP contribution in [0, 0.1) is 11.6 Å². The minimum absolute atomic E-state index is 0.00205. The Morgan fingerprint density at radius 2 is 1.70 bits per heavy atom. The Bertz CT molecular complexity index is 731. The highest BCUT2D eigenvalue weighted by Gasteiger charge is 2.19. The first-order valence-electron chi connectivity index (χ1n) is 6.20. The van der Waals surface area contributed by atoms with E-state index in [2.05, 4.69) is 0 Å². The van der Waals surface area contributed by atoms with Gasteiger partial charge in [-0.15, -0.1) is 11.6 Å². The summed E-state index contributed by atoms with van der Waals surface area (Å²) >= 11 is 6.31. The van der Waals surface area contributed by atoms with Crippen LogP contribution in [0.15, 0.2) is 53.1 Å². The quantitative estimate of drug-likeness (QED) is 0.602. The number of furan rings is 1. The van der Waals surface area contributed by atoms with Crippen LogP contribution in [0.3, 0.4) is 0 Å². The van der Waals surface area contributed by atoms with Crippen molar-refractivity contribution in [1.82, 2.24) is 0 Å². The van der Waals surface area contributed by atoms with Gasteiger partial charge in [-0.25, -0.2) is 8.78 Å². The average Bonchev–Trinajstić information content (AvgIpc) is 2.87. The molecule has 0 bridgehead atoms. The van der Waals surface area contributed by atoms with Crippen LogP contribution in [0.25, 0.3) is 11.0 Å². The maximum atomic E-state index is 13.6. The molecule has 0 radical (unpaired) electrons. The predicted molar refractivity (Wildman–Crippen MR) is 74.9 cm³/mol.